The second kappa shape index (κ2) is 11.4. The number of nitrogens with one attached hydrogen (secondary N) is 1. The topological polar surface area (TPSA) is 101 Å². The van der Waals surface area contributed by atoms with Crippen LogP contribution in [0.3, 0.4) is 0 Å². The molecule has 5 rings (SSSR count). The fraction of sp³-hybridized carbons (Fsp3) is 0.0645. The number of anilines is 2. The quantitative estimate of drug-likeness (QED) is 0.265. The van der Waals surface area contributed by atoms with E-state index in [9.17, 15) is 9.59 Å². The Morgan fingerprint density at radius 1 is 0.872 bits per heavy atom. The van der Waals surface area contributed by atoms with E-state index < -0.39 is 0 Å². The normalized spacial score (nSPS) is 10.9. The van der Waals surface area contributed by atoms with Crippen LogP contribution in [0, 0.1) is 6.92 Å². The van der Waals surface area contributed by atoms with Crippen LogP contribution in [0.4, 0.5) is 11.4 Å². The Balaban J connectivity index is 1.29. The van der Waals surface area contributed by atoms with Crippen LogP contribution in [-0.4, -0.2) is 34.0 Å². The van der Waals surface area contributed by atoms with Crippen LogP contribution in [0.5, 0.6) is 0 Å². The molecule has 0 aliphatic rings. The van der Waals surface area contributed by atoms with Crippen molar-refractivity contribution in [1.29, 1.82) is 0 Å². The van der Waals surface area contributed by atoms with Crippen molar-refractivity contribution in [1.82, 2.24) is 15.2 Å². The Hall–Kier alpha value is -5.37. The zero-order chi connectivity index (χ0) is 27.2. The highest BCUT2D eigenvalue weighted by molar-refractivity contribution is 6.07. The highest BCUT2D eigenvalue weighted by Gasteiger charge is 2.16. The average Bonchev–Trinajstić information content (AvgIpc) is 3.46. The SMILES string of the molecule is Cc1cccc(N(C)C(=O)c2cccc(/C=C/C(=O)Nc3ccccc3-c3nnc(-c4ccncc4)o3)c2)c1. The number of benzene rings is 3. The summed E-state index contributed by atoms with van der Waals surface area (Å²) in [5.74, 6) is 0.159. The van der Waals surface area contributed by atoms with Crippen molar-refractivity contribution in [2.45, 2.75) is 6.92 Å². The lowest BCUT2D eigenvalue weighted by Crippen LogP contribution is -2.26. The van der Waals surface area contributed by atoms with Gasteiger partial charge in [0.25, 0.3) is 5.91 Å². The maximum atomic E-state index is 13.1. The number of pyridine rings is 1. The Morgan fingerprint density at radius 2 is 1.64 bits per heavy atom. The molecule has 3 aromatic carbocycles. The first kappa shape index (κ1) is 25.3. The molecule has 0 saturated carbocycles. The van der Waals surface area contributed by atoms with E-state index >= 15 is 0 Å². The van der Waals surface area contributed by atoms with Crippen LogP contribution >= 0.6 is 0 Å². The number of aromatic nitrogens is 3. The first-order valence-corrected chi connectivity index (χ1v) is 12.2. The number of para-hydroxylation sites is 1. The van der Waals surface area contributed by atoms with Crippen molar-refractivity contribution in [2.75, 3.05) is 17.3 Å². The maximum Gasteiger partial charge on any atom is 0.258 e. The number of carbonyl (C=O) groups is 2. The molecule has 192 valence electrons. The van der Waals surface area contributed by atoms with Gasteiger partial charge in [-0.1, -0.05) is 36.4 Å². The fourth-order valence-corrected chi connectivity index (χ4v) is 3.99. The second-order valence-corrected chi connectivity index (χ2v) is 8.85. The van der Waals surface area contributed by atoms with E-state index in [0.717, 1.165) is 22.4 Å². The molecule has 0 atom stereocenters. The molecule has 0 aliphatic carbocycles. The number of aryl methyl sites for hydroxylation is 1. The lowest BCUT2D eigenvalue weighted by molar-refractivity contribution is -0.111. The lowest BCUT2D eigenvalue weighted by atomic mass is 10.1. The van der Waals surface area contributed by atoms with Crippen LogP contribution in [0.25, 0.3) is 29.0 Å². The van der Waals surface area contributed by atoms with Gasteiger partial charge < -0.3 is 14.6 Å². The van der Waals surface area contributed by atoms with E-state index in [-0.39, 0.29) is 17.7 Å². The maximum absolute atomic E-state index is 13.1. The molecule has 0 radical (unpaired) electrons. The number of amides is 2. The van der Waals surface area contributed by atoms with E-state index in [0.29, 0.717) is 22.7 Å². The minimum atomic E-state index is -0.343. The third kappa shape index (κ3) is 5.97. The fourth-order valence-electron chi connectivity index (χ4n) is 3.99. The van der Waals surface area contributed by atoms with Crippen molar-refractivity contribution in [3.05, 3.63) is 120 Å². The molecule has 2 aromatic heterocycles. The molecule has 0 saturated heterocycles. The molecule has 5 aromatic rings. The Kier molecular flexibility index (Phi) is 7.36. The number of carbonyl (C=O) groups excluding carboxylic acids is 2. The van der Waals surface area contributed by atoms with Gasteiger partial charge in [0.15, 0.2) is 0 Å². The summed E-state index contributed by atoms with van der Waals surface area (Å²) in [6.07, 6.45) is 6.37. The van der Waals surface area contributed by atoms with Gasteiger partial charge in [-0.25, -0.2) is 0 Å². The number of rotatable bonds is 7. The minimum Gasteiger partial charge on any atom is -0.416 e. The second-order valence-electron chi connectivity index (χ2n) is 8.85. The summed E-state index contributed by atoms with van der Waals surface area (Å²) in [6, 6.07) is 25.6. The summed E-state index contributed by atoms with van der Waals surface area (Å²) >= 11 is 0. The Morgan fingerprint density at radius 3 is 2.46 bits per heavy atom. The van der Waals surface area contributed by atoms with Crippen molar-refractivity contribution in [3.63, 3.8) is 0 Å². The molecule has 8 heteroatoms. The van der Waals surface area contributed by atoms with E-state index in [1.165, 1.54) is 6.08 Å². The van der Waals surface area contributed by atoms with Crippen LogP contribution in [0.2, 0.25) is 0 Å². The largest absolute Gasteiger partial charge is 0.416 e. The minimum absolute atomic E-state index is 0.139. The predicted octanol–water partition coefficient (Wildman–Crippen LogP) is 6.04. The van der Waals surface area contributed by atoms with E-state index in [1.807, 2.05) is 49.4 Å². The third-order valence-electron chi connectivity index (χ3n) is 6.02. The van der Waals surface area contributed by atoms with Crippen molar-refractivity contribution in [3.8, 4) is 22.9 Å². The van der Waals surface area contributed by atoms with Gasteiger partial charge in [0.05, 0.1) is 11.3 Å². The number of hydrogen-bond donors (Lipinski definition) is 1. The Bertz CT molecular complexity index is 1660. The van der Waals surface area contributed by atoms with Crippen molar-refractivity contribution in [2.24, 2.45) is 0 Å². The standard InChI is InChI=1S/C31H25N5O3/c1-21-7-5-10-25(19-21)36(2)31(38)24-9-6-8-22(20-24)13-14-28(37)33-27-12-4-3-11-26(27)30-35-34-29(39-30)23-15-17-32-18-16-23/h3-20H,1-2H3,(H,33,37)/b14-13+. The van der Waals surface area contributed by atoms with Crippen molar-refractivity contribution >= 4 is 29.3 Å². The van der Waals surface area contributed by atoms with E-state index in [1.54, 1.807) is 72.9 Å². The van der Waals surface area contributed by atoms with Gasteiger partial charge in [-0.3, -0.25) is 14.6 Å². The molecule has 1 N–H and O–H groups in total. The first-order valence-electron chi connectivity index (χ1n) is 12.2. The lowest BCUT2D eigenvalue weighted by Gasteiger charge is -2.18. The summed E-state index contributed by atoms with van der Waals surface area (Å²) in [7, 11) is 1.74. The van der Waals surface area contributed by atoms with Crippen LogP contribution in [0.15, 0.2) is 108 Å². The zero-order valence-corrected chi connectivity index (χ0v) is 21.4. The average molecular weight is 516 g/mol. The van der Waals surface area contributed by atoms with Gasteiger partial charge in [0, 0.05) is 42.3 Å². The highest BCUT2D eigenvalue weighted by Crippen LogP contribution is 2.29. The summed E-state index contributed by atoms with van der Waals surface area (Å²) in [5, 5.41) is 11.1. The molecule has 0 spiro atoms. The molecule has 0 fully saturated rings. The molecule has 2 heterocycles. The van der Waals surface area contributed by atoms with Crippen LogP contribution in [0.1, 0.15) is 21.5 Å². The molecule has 0 aliphatic heterocycles. The third-order valence-corrected chi connectivity index (χ3v) is 6.02. The van der Waals surface area contributed by atoms with Gasteiger partial charge in [0.2, 0.25) is 17.7 Å². The van der Waals surface area contributed by atoms with E-state index in [2.05, 4.69) is 20.5 Å². The molecular formula is C31H25N5O3. The monoisotopic (exact) mass is 515 g/mol. The summed E-state index contributed by atoms with van der Waals surface area (Å²) in [5.41, 5.74) is 5.01. The van der Waals surface area contributed by atoms with E-state index in [4.69, 9.17) is 4.42 Å². The summed E-state index contributed by atoms with van der Waals surface area (Å²) in [6.45, 7) is 1.98. The van der Waals surface area contributed by atoms with Crippen LogP contribution < -0.4 is 10.2 Å². The van der Waals surface area contributed by atoms with Crippen molar-refractivity contribution < 1.29 is 14.0 Å². The van der Waals surface area contributed by atoms with Gasteiger partial charge in [-0.2, -0.15) is 0 Å². The molecule has 39 heavy (non-hydrogen) atoms. The van der Waals surface area contributed by atoms with Gasteiger partial charge >= 0.3 is 0 Å². The highest BCUT2D eigenvalue weighted by atomic mass is 16.4. The summed E-state index contributed by atoms with van der Waals surface area (Å²) < 4.78 is 5.85. The first-order chi connectivity index (χ1) is 19.0. The van der Waals surface area contributed by atoms with Gasteiger partial charge in [0.1, 0.15) is 0 Å². The number of hydrogen-bond acceptors (Lipinski definition) is 6. The molecule has 2 amide bonds. The number of nitrogens with zero attached hydrogens (tertiary/aromatic N) is 4. The predicted molar refractivity (Wildman–Crippen MR) is 151 cm³/mol. The summed E-state index contributed by atoms with van der Waals surface area (Å²) in [4.78, 5) is 31.4. The van der Waals surface area contributed by atoms with Gasteiger partial charge in [-0.15, -0.1) is 10.2 Å². The molecule has 0 unspecified atom stereocenters. The molecular weight excluding hydrogens is 490 g/mol. The van der Waals surface area contributed by atoms with Gasteiger partial charge in [-0.05, 0) is 72.7 Å². The molecule has 0 bridgehead atoms. The smallest absolute Gasteiger partial charge is 0.258 e. The molecule has 8 nitrogen and oxygen atoms in total. The zero-order valence-electron chi connectivity index (χ0n) is 21.4. The van der Waals surface area contributed by atoms with Crippen LogP contribution in [-0.2, 0) is 4.79 Å². The Labute approximate surface area is 225 Å².